The third-order valence-corrected chi connectivity index (χ3v) is 20.9. The lowest BCUT2D eigenvalue weighted by atomic mass is 9.90. The van der Waals surface area contributed by atoms with Gasteiger partial charge in [-0.05, 0) is 139 Å². The quantitative estimate of drug-likeness (QED) is 0.0397. The summed E-state index contributed by atoms with van der Waals surface area (Å²) in [7, 11) is 9.93. The first-order valence-corrected chi connectivity index (χ1v) is 40.0. The first-order chi connectivity index (χ1) is 49.9. The van der Waals surface area contributed by atoms with Crippen LogP contribution in [0.1, 0.15) is 202 Å². The summed E-state index contributed by atoms with van der Waals surface area (Å²) < 4.78 is 10.3. The number of aliphatic hydroxyl groups is 2. The molecule has 107 heavy (non-hydrogen) atoms. The molecule has 1 rings (SSSR count). The van der Waals surface area contributed by atoms with Gasteiger partial charge in [-0.1, -0.05) is 116 Å². The van der Waals surface area contributed by atoms with Crippen molar-refractivity contribution < 1.29 is 82.0 Å². The van der Waals surface area contributed by atoms with Crippen LogP contribution in [-0.2, 0) is 71.8 Å². The fourth-order valence-electron chi connectivity index (χ4n) is 13.3. The highest BCUT2D eigenvalue weighted by Crippen LogP contribution is 2.27. The minimum atomic E-state index is -1.72. The van der Waals surface area contributed by atoms with Crippen LogP contribution in [0.4, 0.5) is 0 Å². The van der Waals surface area contributed by atoms with Crippen LogP contribution in [0.15, 0.2) is 0 Å². The zero-order valence-electron chi connectivity index (χ0n) is 69.6. The smallest absolute Gasteiger partial charge is 0.320 e. The molecule has 1 aliphatic rings. The van der Waals surface area contributed by atoms with Gasteiger partial charge in [0.05, 0.1) is 32.4 Å². The van der Waals surface area contributed by atoms with E-state index in [0.717, 1.165) is 4.90 Å². The molecule has 1 heterocycles. The lowest BCUT2D eigenvalue weighted by Gasteiger charge is -2.41. The number of aliphatic hydroxyl groups excluding tert-OH is 2. The van der Waals surface area contributed by atoms with E-state index >= 15 is 33.6 Å². The van der Waals surface area contributed by atoms with E-state index in [-0.39, 0.29) is 94.4 Å². The van der Waals surface area contributed by atoms with Crippen LogP contribution >= 0.6 is 11.8 Å². The van der Waals surface area contributed by atoms with Crippen LogP contribution in [0.2, 0.25) is 0 Å². The number of ether oxygens (including phenoxy) is 2. The first-order valence-electron chi connectivity index (χ1n) is 38.9. The summed E-state index contributed by atoms with van der Waals surface area (Å²) in [6.07, 6.45) is 2.54. The Morgan fingerprint density at radius 1 is 0.449 bits per heavy atom. The second-order valence-electron chi connectivity index (χ2n) is 31.5. The molecule has 0 aromatic heterocycles. The van der Waals surface area contributed by atoms with Crippen LogP contribution in [0.5, 0.6) is 0 Å². The molecule has 0 aliphatic carbocycles. The molecule has 11 amide bonds. The molecule has 0 spiro atoms. The van der Waals surface area contributed by atoms with Crippen molar-refractivity contribution in [1.82, 2.24) is 60.5 Å². The number of nitrogens with zero attached hydrogens (tertiary/aromatic N) is 8. The van der Waals surface area contributed by atoms with E-state index in [0.29, 0.717) is 57.2 Å². The molecule has 616 valence electrons. The lowest BCUT2D eigenvalue weighted by molar-refractivity contribution is -0.157. The fourth-order valence-corrected chi connectivity index (χ4v) is 14.5. The van der Waals surface area contributed by atoms with Crippen molar-refractivity contribution in [1.29, 1.82) is 0 Å². The van der Waals surface area contributed by atoms with Crippen LogP contribution < -0.4 is 21.3 Å². The normalized spacial score (nSPS) is 24.4. The number of amides is 11. The maximum atomic E-state index is 15.7. The number of hydrogen-bond acceptors (Lipinski definition) is 19. The molecule has 30 heteroatoms. The number of carbonyl (C=O) groups excluding carboxylic acids is 13. The van der Waals surface area contributed by atoms with Crippen LogP contribution in [0.3, 0.4) is 0 Å². The molecule has 1 fully saturated rings. The molecule has 0 saturated carbocycles. The largest absolute Gasteiger partial charge is 0.465 e. The summed E-state index contributed by atoms with van der Waals surface area (Å²) >= 11 is 1.34. The Balaban J connectivity index is 4.49. The van der Waals surface area contributed by atoms with Crippen molar-refractivity contribution in [2.24, 2.45) is 41.4 Å². The van der Waals surface area contributed by atoms with Crippen molar-refractivity contribution in [3.8, 4) is 0 Å². The second-order valence-corrected chi connectivity index (χ2v) is 32.7. The SMILES string of the molecule is CCOC(=O)CN(CCCCCC[C@@H](C)[C@@H](O)[C@H]1C(=O)N[C@H](CC)C(=O)N(C)[C@H](CSCCCCO)C(=O)N(C)[C@@H](CC(C)C)C(=O)N[C@H](C(C)C)C(=O)N(C)[C@H](CC(C)C)C(=O)N[C@H](C)C(=O)N[C@@H](C)C(=O)N(C)[C@@H](CC(C)C)C(=O)N(C)[C@H](CC(C)C)C(=O)N(C)[C@H](C(C)C)C(=O)N1C)CC(=O)OCC. The lowest BCUT2D eigenvalue weighted by Crippen LogP contribution is -2.64. The number of thioether (sulfide) groups is 1. The summed E-state index contributed by atoms with van der Waals surface area (Å²) in [5, 5.41) is 33.5. The van der Waals surface area contributed by atoms with Gasteiger partial charge in [0, 0.05) is 61.7 Å². The van der Waals surface area contributed by atoms with Gasteiger partial charge in [-0.15, -0.1) is 0 Å². The van der Waals surface area contributed by atoms with E-state index in [1.807, 2.05) is 55.4 Å². The third-order valence-electron chi connectivity index (χ3n) is 19.8. The Bertz CT molecular complexity index is 2850. The zero-order valence-corrected chi connectivity index (χ0v) is 70.4. The molecule has 0 aromatic carbocycles. The summed E-state index contributed by atoms with van der Waals surface area (Å²) in [6.45, 7) is 31.8. The van der Waals surface area contributed by atoms with Gasteiger partial charge in [-0.25, -0.2) is 0 Å². The average molecular weight is 1540 g/mol. The van der Waals surface area contributed by atoms with E-state index in [1.54, 1.807) is 60.3 Å². The van der Waals surface area contributed by atoms with Gasteiger partial charge < -0.3 is 75.3 Å². The van der Waals surface area contributed by atoms with Crippen molar-refractivity contribution in [2.75, 3.05) is 100 Å². The van der Waals surface area contributed by atoms with Crippen LogP contribution in [0.25, 0.3) is 0 Å². The van der Waals surface area contributed by atoms with E-state index in [2.05, 4.69) is 21.3 Å². The van der Waals surface area contributed by atoms with Gasteiger partial charge in [-0.2, -0.15) is 11.8 Å². The van der Waals surface area contributed by atoms with Gasteiger partial charge >= 0.3 is 11.9 Å². The molecule has 0 aromatic rings. The van der Waals surface area contributed by atoms with Gasteiger partial charge in [0.1, 0.15) is 66.5 Å². The molecule has 29 nitrogen and oxygen atoms in total. The Morgan fingerprint density at radius 3 is 1.34 bits per heavy atom. The molecule has 0 radical (unpaired) electrons. The molecule has 13 atom stereocenters. The van der Waals surface area contributed by atoms with E-state index < -0.39 is 167 Å². The Kier molecular flexibility index (Phi) is 44.8. The number of rotatable bonds is 32. The number of carbonyl (C=O) groups is 13. The summed E-state index contributed by atoms with van der Waals surface area (Å²) in [5.74, 6) is -11.0. The Morgan fingerprint density at radius 2 is 0.869 bits per heavy atom. The van der Waals surface area contributed by atoms with Crippen LogP contribution in [0, 0.1) is 41.4 Å². The number of esters is 2. The highest BCUT2D eigenvalue weighted by Gasteiger charge is 2.47. The summed E-state index contributed by atoms with van der Waals surface area (Å²) in [4.78, 5) is 201. The van der Waals surface area contributed by atoms with Crippen molar-refractivity contribution >= 4 is 88.7 Å². The first kappa shape index (κ1) is 98.3. The maximum Gasteiger partial charge on any atom is 0.320 e. The molecule has 0 unspecified atom stereocenters. The van der Waals surface area contributed by atoms with Crippen molar-refractivity contribution in [2.45, 2.75) is 274 Å². The molecule has 1 saturated heterocycles. The highest BCUT2D eigenvalue weighted by molar-refractivity contribution is 7.99. The standard InChI is InChI=1S/C77H140N12O17S/c1-26-55-72(99)86(23)60(45-107-38-34-33-37-90)75(102)82(19)57(40-47(6)7)69(96)81-63(50(12)13)76(103)83(20)56(39-46(4)5)68(95)78-53(17)67(94)79-54(18)71(98)84(21)58(41-48(8)9)73(100)85(22)59(42-49(10)11)74(101)87(24)64(51(14)15)77(104)88(25)65(70(97)80-55)66(93)52(16)35-31-29-30-32-36-89(43-61(91)105-27-2)44-62(92)106-28-3/h46-60,63-66,90,93H,26-45H2,1-25H3,(H,78,95)(H,79,94)(H,80,97)(H,81,96)/t52-,53-,54+,55-,56-,57+,58+,59-,60-,63-,64-,65+,66-/m1/s1. The predicted octanol–water partition coefficient (Wildman–Crippen LogP) is 4.56. The summed E-state index contributed by atoms with van der Waals surface area (Å²) in [5.41, 5.74) is 0. The van der Waals surface area contributed by atoms with Gasteiger partial charge in [0.25, 0.3) is 0 Å². The van der Waals surface area contributed by atoms with Crippen molar-refractivity contribution in [3.05, 3.63) is 0 Å². The molecule has 0 bridgehead atoms. The van der Waals surface area contributed by atoms with Crippen LogP contribution in [-0.4, -0.2) is 299 Å². The Hall–Kier alpha value is -6.66. The minimum absolute atomic E-state index is 0.00177. The second kappa shape index (κ2) is 48.8. The molecular weight excluding hydrogens is 1400 g/mol. The third kappa shape index (κ3) is 31.3. The maximum absolute atomic E-state index is 15.7. The number of unbranched alkanes of at least 4 members (excludes halogenated alkanes) is 4. The highest BCUT2D eigenvalue weighted by atomic mass is 32.2. The fraction of sp³-hybridized carbons (Fsp3) is 0.831. The minimum Gasteiger partial charge on any atom is -0.465 e. The van der Waals surface area contributed by atoms with Gasteiger partial charge in [-0.3, -0.25) is 67.2 Å². The number of nitrogens with one attached hydrogen (secondary N) is 4. The number of likely N-dealkylation sites (N-methyl/N-ethyl adjacent to an activating group) is 7. The van der Waals surface area contributed by atoms with E-state index in [4.69, 9.17) is 9.47 Å². The van der Waals surface area contributed by atoms with E-state index in [1.165, 1.54) is 104 Å². The molecule has 6 N–H and O–H groups in total. The topological polar surface area (TPSA) is 355 Å². The van der Waals surface area contributed by atoms with Gasteiger partial charge in [0.15, 0.2) is 0 Å². The van der Waals surface area contributed by atoms with E-state index in [9.17, 15) is 39.0 Å². The van der Waals surface area contributed by atoms with Gasteiger partial charge in [0.2, 0.25) is 65.0 Å². The van der Waals surface area contributed by atoms with Crippen molar-refractivity contribution in [3.63, 3.8) is 0 Å². The number of hydrogen-bond donors (Lipinski definition) is 6. The monoisotopic (exact) mass is 1540 g/mol. The molecular formula is C77H140N12O17S. The predicted molar refractivity (Wildman–Crippen MR) is 414 cm³/mol. The molecule has 1 aliphatic heterocycles. The zero-order chi connectivity index (χ0) is 82.2. The summed E-state index contributed by atoms with van der Waals surface area (Å²) in [6, 6.07) is -14.3. The Labute approximate surface area is 644 Å². The average Bonchev–Trinajstić information content (AvgIpc) is 0.803.